The number of hydrogen-bond donors (Lipinski definition) is 2. The molecule has 1 atom stereocenters. The highest BCUT2D eigenvalue weighted by Gasteiger charge is 2.36. The lowest BCUT2D eigenvalue weighted by atomic mass is 10.1. The number of nitrogens with zero attached hydrogens (tertiary/aromatic N) is 1. The van der Waals surface area contributed by atoms with Crippen molar-refractivity contribution < 1.29 is 27.5 Å². The van der Waals surface area contributed by atoms with E-state index in [0.29, 0.717) is 5.69 Å². The maximum absolute atomic E-state index is 13.8. The van der Waals surface area contributed by atoms with Gasteiger partial charge >= 0.3 is 12.1 Å². The smallest absolute Gasteiger partial charge is 0.419 e. The molecule has 0 saturated heterocycles. The van der Waals surface area contributed by atoms with Gasteiger partial charge in [0.05, 0.1) is 16.8 Å². The number of aromatic carboxylic acids is 1. The average Bonchev–Trinajstić information content (AvgIpc) is 3.06. The Morgan fingerprint density at radius 1 is 1.03 bits per heavy atom. The fourth-order valence-corrected chi connectivity index (χ4v) is 3.64. The molecule has 4 nitrogen and oxygen atoms in total. The van der Waals surface area contributed by atoms with Crippen molar-refractivity contribution >= 4 is 17.3 Å². The number of benzene rings is 3. The van der Waals surface area contributed by atoms with Crippen LogP contribution < -0.4 is 10.2 Å². The van der Waals surface area contributed by atoms with Crippen LogP contribution in [0.1, 0.15) is 33.2 Å². The summed E-state index contributed by atoms with van der Waals surface area (Å²) < 4.78 is 53.5. The summed E-state index contributed by atoms with van der Waals surface area (Å²) in [5.41, 5.74) is 0.869. The number of anilines is 2. The fraction of sp³-hybridized carbons (Fsp3) is 0.136. The zero-order chi connectivity index (χ0) is 21.5. The third-order valence-electron chi connectivity index (χ3n) is 5.04. The first kappa shape index (κ1) is 19.8. The van der Waals surface area contributed by atoms with Crippen LogP contribution in [0.15, 0.2) is 66.7 Å². The van der Waals surface area contributed by atoms with E-state index in [9.17, 15) is 27.5 Å². The molecule has 1 aliphatic heterocycles. The minimum absolute atomic E-state index is 0.0388. The van der Waals surface area contributed by atoms with Crippen molar-refractivity contribution in [3.8, 4) is 0 Å². The quantitative estimate of drug-likeness (QED) is 0.538. The molecule has 0 fully saturated rings. The van der Waals surface area contributed by atoms with Crippen LogP contribution in [0.5, 0.6) is 0 Å². The third kappa shape index (κ3) is 3.56. The number of fused-ring (bicyclic) bond motifs is 1. The minimum atomic E-state index is -4.83. The standard InChI is InChI=1S/C22H16F4N2O2/c23-18-10-9-14(11-17(18)22(24,25)26)28-12-13-5-1-2-6-15(13)20(28)27-19-8-4-3-7-16(19)21(29)30/h1-11,20,27H,12H2,(H,29,30). The van der Waals surface area contributed by atoms with E-state index >= 15 is 0 Å². The summed E-state index contributed by atoms with van der Waals surface area (Å²) in [6.45, 7) is 0.284. The molecule has 4 rings (SSSR count). The molecule has 0 radical (unpaired) electrons. The number of halogens is 4. The number of alkyl halides is 3. The normalized spacial score (nSPS) is 15.7. The molecular weight excluding hydrogens is 400 g/mol. The number of carbonyl (C=O) groups is 1. The van der Waals surface area contributed by atoms with Crippen LogP contribution in [0.4, 0.5) is 28.9 Å². The summed E-state index contributed by atoms with van der Waals surface area (Å²) >= 11 is 0. The first-order chi connectivity index (χ1) is 14.3. The SMILES string of the molecule is O=C(O)c1ccccc1NC1c2ccccc2CN1c1ccc(F)c(C(F)(F)F)c1. The van der Waals surface area contributed by atoms with E-state index < -0.39 is 29.7 Å². The van der Waals surface area contributed by atoms with Crippen molar-refractivity contribution in [3.05, 3.63) is 94.8 Å². The molecule has 0 amide bonds. The molecule has 1 aliphatic rings. The van der Waals surface area contributed by atoms with E-state index in [4.69, 9.17) is 0 Å². The van der Waals surface area contributed by atoms with Crippen molar-refractivity contribution in [1.29, 1.82) is 0 Å². The number of para-hydroxylation sites is 1. The van der Waals surface area contributed by atoms with E-state index in [0.717, 1.165) is 23.3 Å². The maximum atomic E-state index is 13.8. The molecule has 1 unspecified atom stereocenters. The molecule has 0 aliphatic carbocycles. The van der Waals surface area contributed by atoms with Crippen molar-refractivity contribution in [1.82, 2.24) is 0 Å². The maximum Gasteiger partial charge on any atom is 0.419 e. The molecule has 30 heavy (non-hydrogen) atoms. The molecule has 8 heteroatoms. The summed E-state index contributed by atoms with van der Waals surface area (Å²) in [7, 11) is 0. The second kappa shape index (κ2) is 7.37. The largest absolute Gasteiger partial charge is 0.478 e. The number of carboxylic acids is 1. The molecule has 0 spiro atoms. The van der Waals surface area contributed by atoms with E-state index in [2.05, 4.69) is 5.32 Å². The van der Waals surface area contributed by atoms with Crippen LogP contribution in [0.25, 0.3) is 0 Å². The van der Waals surface area contributed by atoms with Gasteiger partial charge in [-0.2, -0.15) is 13.2 Å². The molecule has 1 heterocycles. The van der Waals surface area contributed by atoms with Gasteiger partial charge in [-0.05, 0) is 41.5 Å². The summed E-state index contributed by atoms with van der Waals surface area (Å²) in [4.78, 5) is 13.2. The topological polar surface area (TPSA) is 52.6 Å². The first-order valence-corrected chi connectivity index (χ1v) is 9.06. The van der Waals surface area contributed by atoms with Crippen molar-refractivity contribution in [2.45, 2.75) is 18.9 Å². The lowest BCUT2D eigenvalue weighted by Crippen LogP contribution is -2.28. The van der Waals surface area contributed by atoms with Gasteiger partial charge in [-0.15, -0.1) is 0 Å². The van der Waals surface area contributed by atoms with Gasteiger partial charge in [0.1, 0.15) is 12.0 Å². The molecule has 3 aromatic carbocycles. The third-order valence-corrected chi connectivity index (χ3v) is 5.04. The highest BCUT2D eigenvalue weighted by atomic mass is 19.4. The Balaban J connectivity index is 1.78. The van der Waals surface area contributed by atoms with Gasteiger partial charge in [0.15, 0.2) is 0 Å². The van der Waals surface area contributed by atoms with E-state index in [1.165, 1.54) is 12.1 Å². The Labute approximate surface area is 169 Å². The summed E-state index contributed by atoms with van der Waals surface area (Å²) in [6.07, 6.45) is -5.46. The zero-order valence-electron chi connectivity index (χ0n) is 15.4. The van der Waals surface area contributed by atoms with Gasteiger partial charge in [-0.3, -0.25) is 0 Å². The van der Waals surface area contributed by atoms with Gasteiger partial charge in [0.25, 0.3) is 0 Å². The average molecular weight is 416 g/mol. The Hall–Kier alpha value is -3.55. The van der Waals surface area contributed by atoms with Crippen LogP contribution in [-0.2, 0) is 12.7 Å². The van der Waals surface area contributed by atoms with Gasteiger partial charge in [0.2, 0.25) is 0 Å². The van der Waals surface area contributed by atoms with Gasteiger partial charge < -0.3 is 15.3 Å². The molecule has 154 valence electrons. The second-order valence-corrected chi connectivity index (χ2v) is 6.89. The number of nitrogens with one attached hydrogen (secondary N) is 1. The Bertz CT molecular complexity index is 1110. The number of hydrogen-bond acceptors (Lipinski definition) is 3. The minimum Gasteiger partial charge on any atom is -0.478 e. The predicted molar refractivity (Wildman–Crippen MR) is 104 cm³/mol. The van der Waals surface area contributed by atoms with E-state index in [1.54, 1.807) is 29.2 Å². The lowest BCUT2D eigenvalue weighted by molar-refractivity contribution is -0.139. The van der Waals surface area contributed by atoms with E-state index in [1.807, 2.05) is 18.2 Å². The zero-order valence-corrected chi connectivity index (χ0v) is 15.4. The molecule has 3 aromatic rings. The lowest BCUT2D eigenvalue weighted by Gasteiger charge is -2.30. The number of carboxylic acid groups (broad SMARTS) is 1. The first-order valence-electron chi connectivity index (χ1n) is 9.06. The van der Waals surface area contributed by atoms with Crippen molar-refractivity contribution in [3.63, 3.8) is 0 Å². The van der Waals surface area contributed by atoms with Gasteiger partial charge in [-0.1, -0.05) is 36.4 Å². The predicted octanol–water partition coefficient (Wildman–Crippen LogP) is 5.67. The molecule has 0 bridgehead atoms. The molecule has 0 aromatic heterocycles. The molecular formula is C22H16F4N2O2. The highest BCUT2D eigenvalue weighted by molar-refractivity contribution is 5.94. The number of rotatable bonds is 4. The molecule has 2 N–H and O–H groups in total. The van der Waals surface area contributed by atoms with Gasteiger partial charge in [-0.25, -0.2) is 9.18 Å². The fourth-order valence-electron chi connectivity index (χ4n) is 3.64. The van der Waals surface area contributed by atoms with Crippen LogP contribution >= 0.6 is 0 Å². The van der Waals surface area contributed by atoms with Crippen LogP contribution in [0.2, 0.25) is 0 Å². The Morgan fingerprint density at radius 3 is 2.47 bits per heavy atom. The monoisotopic (exact) mass is 416 g/mol. The second-order valence-electron chi connectivity index (χ2n) is 6.89. The van der Waals surface area contributed by atoms with Crippen molar-refractivity contribution in [2.75, 3.05) is 10.2 Å². The summed E-state index contributed by atoms with van der Waals surface area (Å²) in [6, 6.07) is 16.4. The highest BCUT2D eigenvalue weighted by Crippen LogP contribution is 2.41. The van der Waals surface area contributed by atoms with Crippen LogP contribution in [0, 0.1) is 5.82 Å². The summed E-state index contributed by atoms with van der Waals surface area (Å²) in [5.74, 6) is -2.47. The van der Waals surface area contributed by atoms with Gasteiger partial charge in [0, 0.05) is 12.2 Å². The van der Waals surface area contributed by atoms with Crippen LogP contribution in [0.3, 0.4) is 0 Å². The van der Waals surface area contributed by atoms with E-state index in [-0.39, 0.29) is 17.8 Å². The summed E-state index contributed by atoms with van der Waals surface area (Å²) in [5, 5.41) is 12.6. The Kier molecular flexibility index (Phi) is 4.85. The Morgan fingerprint density at radius 2 is 1.73 bits per heavy atom. The molecule has 0 saturated carbocycles. The van der Waals surface area contributed by atoms with Crippen molar-refractivity contribution in [2.24, 2.45) is 0 Å². The van der Waals surface area contributed by atoms with Crippen LogP contribution in [-0.4, -0.2) is 11.1 Å².